The van der Waals surface area contributed by atoms with Crippen molar-refractivity contribution < 1.29 is 9.18 Å². The van der Waals surface area contributed by atoms with Gasteiger partial charge in [0.05, 0.1) is 6.04 Å². The van der Waals surface area contributed by atoms with E-state index in [1.165, 1.54) is 44.6 Å². The predicted octanol–water partition coefficient (Wildman–Crippen LogP) is 6.87. The molecule has 4 saturated carbocycles. The number of amides is 1. The summed E-state index contributed by atoms with van der Waals surface area (Å²) in [4.78, 5) is 14.9. The van der Waals surface area contributed by atoms with Crippen LogP contribution in [0.15, 0.2) is 42.5 Å². The van der Waals surface area contributed by atoms with Crippen LogP contribution in [0.3, 0.4) is 0 Å². The zero-order valence-corrected chi connectivity index (χ0v) is 21.3. The normalized spacial score (nSPS) is 32.1. The van der Waals surface area contributed by atoms with Gasteiger partial charge in [0, 0.05) is 17.3 Å². The van der Waals surface area contributed by atoms with Crippen molar-refractivity contribution in [3.63, 3.8) is 0 Å². The van der Waals surface area contributed by atoms with Gasteiger partial charge in [0.15, 0.2) is 0 Å². The molecular weight excluding hydrogens is 447 g/mol. The van der Waals surface area contributed by atoms with Gasteiger partial charge in [-0.2, -0.15) is 0 Å². The average Bonchev–Trinajstić information content (AvgIpc) is 2.86. The van der Waals surface area contributed by atoms with E-state index in [4.69, 9.17) is 6.42 Å². The Balaban J connectivity index is 1.32. The zero-order valence-electron chi connectivity index (χ0n) is 21.3. The van der Waals surface area contributed by atoms with E-state index < -0.39 is 0 Å². The number of benzene rings is 2. The highest BCUT2D eigenvalue weighted by Crippen LogP contribution is 2.56. The summed E-state index contributed by atoms with van der Waals surface area (Å²) in [5, 5.41) is 3.95. The number of halogens is 1. The fourth-order valence-electron chi connectivity index (χ4n) is 8.44. The lowest BCUT2D eigenvalue weighted by Gasteiger charge is -2.57. The molecule has 2 aromatic carbocycles. The number of nitrogens with one attached hydrogen (secondary N) is 1. The van der Waals surface area contributed by atoms with Crippen LogP contribution in [0.25, 0.3) is 0 Å². The number of unbranched alkanes of at least 4 members (excludes halogenated alkanes) is 1. The number of hydrogen-bond donors (Lipinski definition) is 1. The molecule has 0 saturated heterocycles. The van der Waals surface area contributed by atoms with Gasteiger partial charge in [-0.15, -0.1) is 6.42 Å². The number of rotatable bonds is 6. The molecule has 4 heteroatoms. The monoisotopic (exact) mass is 484 g/mol. The van der Waals surface area contributed by atoms with E-state index in [0.29, 0.717) is 6.42 Å². The Morgan fingerprint density at radius 3 is 2.36 bits per heavy atom. The molecule has 1 heterocycles. The highest BCUT2D eigenvalue weighted by Gasteiger charge is 2.51. The second kappa shape index (κ2) is 9.25. The molecule has 1 amide bonds. The van der Waals surface area contributed by atoms with E-state index in [2.05, 4.69) is 42.4 Å². The smallest absolute Gasteiger partial charge is 0.299 e. The summed E-state index contributed by atoms with van der Waals surface area (Å²) in [6.07, 6.45) is 17.1. The quantitative estimate of drug-likeness (QED) is 0.454. The number of nitrogens with zero attached hydrogens (tertiary/aromatic N) is 1. The van der Waals surface area contributed by atoms with Gasteiger partial charge in [-0.05, 0) is 110 Å². The molecule has 0 spiro atoms. The molecule has 0 aromatic heterocycles. The molecule has 4 fully saturated rings. The van der Waals surface area contributed by atoms with E-state index >= 15 is 0 Å². The Bertz CT molecular complexity index is 1140. The van der Waals surface area contributed by atoms with E-state index in [9.17, 15) is 9.18 Å². The molecule has 2 atom stereocenters. The van der Waals surface area contributed by atoms with Crippen molar-refractivity contribution in [1.82, 2.24) is 4.90 Å². The van der Waals surface area contributed by atoms with Crippen LogP contribution in [0.1, 0.15) is 87.4 Å². The van der Waals surface area contributed by atoms with Crippen molar-refractivity contribution in [2.24, 2.45) is 17.8 Å². The lowest BCUT2D eigenvalue weighted by Crippen LogP contribution is -2.54. The van der Waals surface area contributed by atoms with Crippen molar-refractivity contribution in [1.29, 1.82) is 0 Å². The summed E-state index contributed by atoms with van der Waals surface area (Å²) in [6, 6.07) is 13.3. The minimum Gasteiger partial charge on any atom is -0.380 e. The standard InChI is InChI=1S/C32H37FN2O/c1-3-5-7-26-17-28-27(8-6-9-29(28)33)31(35(26)30(36)4-2)24-10-12-25(13-11-24)34-32-18-21-14-22(19-32)16-23(15-21)20-32/h2,6,8-13,21-23,26,31,34H,3,5,7,14-20H2,1H3/t21?,22?,23?,26-,31?,32?/m0/s1. The van der Waals surface area contributed by atoms with Crippen molar-refractivity contribution in [3.8, 4) is 12.3 Å². The molecule has 7 rings (SSSR count). The number of terminal acetylenes is 1. The first-order valence-corrected chi connectivity index (χ1v) is 13.9. The minimum atomic E-state index is -0.372. The molecule has 4 bridgehead atoms. The third-order valence-electron chi connectivity index (χ3n) is 9.48. The van der Waals surface area contributed by atoms with Gasteiger partial charge in [-0.1, -0.05) is 44.0 Å². The van der Waals surface area contributed by atoms with E-state index in [1.807, 2.05) is 11.0 Å². The number of fused-ring (bicyclic) bond motifs is 1. The summed E-state index contributed by atoms with van der Waals surface area (Å²) in [5.41, 5.74) is 3.96. The fraction of sp³-hybridized carbons (Fsp3) is 0.531. The van der Waals surface area contributed by atoms with Crippen LogP contribution in [-0.2, 0) is 11.2 Å². The predicted molar refractivity (Wildman–Crippen MR) is 142 cm³/mol. The summed E-state index contributed by atoms with van der Waals surface area (Å²) in [7, 11) is 0. The second-order valence-electron chi connectivity index (χ2n) is 12.0. The highest BCUT2D eigenvalue weighted by atomic mass is 19.1. The molecule has 4 aliphatic carbocycles. The molecule has 188 valence electrons. The summed E-state index contributed by atoms with van der Waals surface area (Å²) >= 11 is 0. The van der Waals surface area contributed by atoms with Crippen LogP contribution >= 0.6 is 0 Å². The zero-order chi connectivity index (χ0) is 24.9. The van der Waals surface area contributed by atoms with Crippen molar-refractivity contribution in [3.05, 3.63) is 65.0 Å². The first-order valence-electron chi connectivity index (χ1n) is 13.9. The van der Waals surface area contributed by atoms with E-state index in [-0.39, 0.29) is 29.3 Å². The van der Waals surface area contributed by atoms with Crippen molar-refractivity contribution >= 4 is 11.6 Å². The van der Waals surface area contributed by atoms with Gasteiger partial charge >= 0.3 is 0 Å². The molecule has 1 aliphatic heterocycles. The maximum Gasteiger partial charge on any atom is 0.299 e. The van der Waals surface area contributed by atoms with Crippen LogP contribution in [0.2, 0.25) is 0 Å². The van der Waals surface area contributed by atoms with Gasteiger partial charge in [-0.25, -0.2) is 4.39 Å². The lowest BCUT2D eigenvalue weighted by molar-refractivity contribution is -0.130. The largest absolute Gasteiger partial charge is 0.380 e. The molecule has 3 nitrogen and oxygen atoms in total. The van der Waals surface area contributed by atoms with Crippen molar-refractivity contribution in [2.75, 3.05) is 5.32 Å². The molecule has 2 aromatic rings. The fourth-order valence-corrected chi connectivity index (χ4v) is 8.44. The van der Waals surface area contributed by atoms with Gasteiger partial charge in [0.2, 0.25) is 0 Å². The molecule has 0 radical (unpaired) electrons. The minimum absolute atomic E-state index is 0.104. The summed E-state index contributed by atoms with van der Waals surface area (Å²) in [6.45, 7) is 2.14. The maximum absolute atomic E-state index is 15.0. The Kier molecular flexibility index (Phi) is 6.06. The summed E-state index contributed by atoms with van der Waals surface area (Å²) < 4.78 is 15.0. The Morgan fingerprint density at radius 2 is 1.75 bits per heavy atom. The van der Waals surface area contributed by atoms with Crippen LogP contribution in [0.5, 0.6) is 0 Å². The van der Waals surface area contributed by atoms with E-state index in [0.717, 1.165) is 59.4 Å². The van der Waals surface area contributed by atoms with Crippen LogP contribution in [0.4, 0.5) is 10.1 Å². The number of hydrogen-bond acceptors (Lipinski definition) is 2. The third-order valence-corrected chi connectivity index (χ3v) is 9.48. The highest BCUT2D eigenvalue weighted by molar-refractivity contribution is 5.94. The Hall–Kier alpha value is -2.80. The van der Waals surface area contributed by atoms with Crippen LogP contribution in [0, 0.1) is 35.9 Å². The number of carbonyl (C=O) groups is 1. The molecule has 1 unspecified atom stereocenters. The Labute approximate surface area is 214 Å². The topological polar surface area (TPSA) is 32.3 Å². The maximum atomic E-state index is 15.0. The second-order valence-corrected chi connectivity index (χ2v) is 12.0. The van der Waals surface area contributed by atoms with Gasteiger partial charge < -0.3 is 10.2 Å². The third kappa shape index (κ3) is 4.11. The lowest BCUT2D eigenvalue weighted by atomic mass is 9.53. The first-order chi connectivity index (χ1) is 17.5. The molecule has 1 N–H and O–H groups in total. The van der Waals surface area contributed by atoms with Gasteiger partial charge in [0.1, 0.15) is 5.82 Å². The average molecular weight is 485 g/mol. The van der Waals surface area contributed by atoms with Crippen LogP contribution in [-0.4, -0.2) is 22.4 Å². The van der Waals surface area contributed by atoms with Gasteiger partial charge in [0.25, 0.3) is 5.91 Å². The molecule has 36 heavy (non-hydrogen) atoms. The van der Waals surface area contributed by atoms with Gasteiger partial charge in [-0.3, -0.25) is 4.79 Å². The Morgan fingerprint density at radius 1 is 1.08 bits per heavy atom. The number of carbonyl (C=O) groups excluding carboxylic acids is 1. The van der Waals surface area contributed by atoms with E-state index in [1.54, 1.807) is 6.07 Å². The molecular formula is C32H37FN2O. The SMILES string of the molecule is C#CC(=O)N1C(c2ccc(NC34CC5CC(CC(C5)C3)C4)cc2)c2cccc(F)c2C[C@@H]1CCCC. The van der Waals surface area contributed by atoms with Crippen LogP contribution < -0.4 is 5.32 Å². The van der Waals surface area contributed by atoms with Crippen molar-refractivity contribution in [2.45, 2.75) is 88.8 Å². The molecule has 5 aliphatic rings. The number of anilines is 1. The first kappa shape index (κ1) is 23.6. The summed E-state index contributed by atoms with van der Waals surface area (Å²) in [5.74, 6) is 4.53.